The zero-order valence-electron chi connectivity index (χ0n) is 14.9. The number of thioether (sulfide) groups is 2. The highest BCUT2D eigenvalue weighted by Crippen LogP contribution is 2.42. The summed E-state index contributed by atoms with van der Waals surface area (Å²) in [5.74, 6) is 2.31. The van der Waals surface area contributed by atoms with E-state index in [-0.39, 0.29) is 11.3 Å². The van der Waals surface area contributed by atoms with Crippen LogP contribution in [0.4, 0.5) is 0 Å². The lowest BCUT2D eigenvalue weighted by Gasteiger charge is -2.27. The van der Waals surface area contributed by atoms with Gasteiger partial charge in [-0.15, -0.1) is 23.5 Å². The highest BCUT2D eigenvalue weighted by atomic mass is 32.2. The number of carbonyl (C=O) groups is 1. The zero-order valence-corrected chi connectivity index (χ0v) is 16.6. The number of rotatable bonds is 6. The fraction of sp³-hybridized carbons (Fsp3) is 0.400. The number of benzene rings is 1. The van der Waals surface area contributed by atoms with E-state index in [0.29, 0.717) is 11.7 Å². The van der Waals surface area contributed by atoms with Gasteiger partial charge in [-0.05, 0) is 41.0 Å². The normalized spacial score (nSPS) is 17.5. The van der Waals surface area contributed by atoms with E-state index in [1.54, 1.807) is 11.8 Å². The lowest BCUT2D eigenvalue weighted by molar-refractivity contribution is -0.128. The van der Waals surface area contributed by atoms with Gasteiger partial charge >= 0.3 is 0 Å². The Kier molecular flexibility index (Phi) is 6.07. The van der Waals surface area contributed by atoms with Crippen LogP contribution in [-0.4, -0.2) is 33.8 Å². The van der Waals surface area contributed by atoms with Gasteiger partial charge in [0.15, 0.2) is 0 Å². The highest BCUT2D eigenvalue weighted by Gasteiger charge is 2.34. The Labute approximate surface area is 158 Å². The molecule has 1 amide bonds. The van der Waals surface area contributed by atoms with Crippen molar-refractivity contribution >= 4 is 29.4 Å². The Morgan fingerprint density at radius 1 is 1.28 bits per heavy atom. The van der Waals surface area contributed by atoms with Crippen LogP contribution in [-0.2, 0) is 4.79 Å². The molecule has 1 aromatic heterocycles. The van der Waals surface area contributed by atoms with Crippen molar-refractivity contribution < 1.29 is 4.79 Å². The molecule has 2 aromatic rings. The average Bonchev–Trinajstić information content (AvgIpc) is 2.96. The van der Waals surface area contributed by atoms with Crippen molar-refractivity contribution in [3.05, 3.63) is 48.3 Å². The molecule has 1 atom stereocenters. The molecule has 0 radical (unpaired) electrons. The molecule has 5 heteroatoms. The van der Waals surface area contributed by atoms with Gasteiger partial charge in [-0.2, -0.15) is 0 Å². The van der Waals surface area contributed by atoms with E-state index >= 15 is 0 Å². The molecule has 1 fully saturated rings. The van der Waals surface area contributed by atoms with Gasteiger partial charge < -0.3 is 4.90 Å². The summed E-state index contributed by atoms with van der Waals surface area (Å²) in [7, 11) is 0. The number of carbonyl (C=O) groups excluding carboxylic acids is 1. The molecule has 25 heavy (non-hydrogen) atoms. The molecule has 0 spiro atoms. The molecule has 2 heterocycles. The Balaban J connectivity index is 1.94. The standard InChI is InChI=1S/C20H24N2OS2/c1-4-24-16-7-5-15(6-8-16)17-9-10-21-11-18(17)20-22(12-14(2)3)19(23)13-25-20/h5-11,14,20H,4,12-13H2,1-3H3. The third-order valence-electron chi connectivity index (χ3n) is 4.12. The molecule has 3 rings (SSSR count). The van der Waals surface area contributed by atoms with Crippen LogP contribution < -0.4 is 0 Å². The maximum absolute atomic E-state index is 12.3. The predicted octanol–water partition coefficient (Wildman–Crippen LogP) is 5.09. The fourth-order valence-electron chi connectivity index (χ4n) is 3.07. The minimum atomic E-state index is 0.0586. The molecule has 1 aliphatic rings. The molecule has 0 bridgehead atoms. The summed E-state index contributed by atoms with van der Waals surface area (Å²) in [5, 5.41) is 0.0586. The second-order valence-electron chi connectivity index (χ2n) is 6.52. The van der Waals surface area contributed by atoms with E-state index < -0.39 is 0 Å². The predicted molar refractivity (Wildman–Crippen MR) is 108 cm³/mol. The minimum Gasteiger partial charge on any atom is -0.325 e. The number of nitrogens with zero attached hydrogens (tertiary/aromatic N) is 2. The molecular weight excluding hydrogens is 348 g/mol. The van der Waals surface area contributed by atoms with Crippen LogP contribution in [0.25, 0.3) is 11.1 Å². The Morgan fingerprint density at radius 3 is 2.72 bits per heavy atom. The molecule has 0 saturated carbocycles. The van der Waals surface area contributed by atoms with Crippen LogP contribution in [0, 0.1) is 5.92 Å². The number of hydrogen-bond acceptors (Lipinski definition) is 4. The van der Waals surface area contributed by atoms with Crippen LogP contribution >= 0.6 is 23.5 Å². The summed E-state index contributed by atoms with van der Waals surface area (Å²) in [6.07, 6.45) is 3.76. The third-order valence-corrected chi connectivity index (χ3v) is 6.26. The van der Waals surface area contributed by atoms with E-state index in [0.717, 1.165) is 17.9 Å². The van der Waals surface area contributed by atoms with Crippen molar-refractivity contribution in [3.8, 4) is 11.1 Å². The number of hydrogen-bond donors (Lipinski definition) is 0. The second kappa shape index (κ2) is 8.28. The van der Waals surface area contributed by atoms with Crippen molar-refractivity contribution in [2.45, 2.75) is 31.0 Å². The summed E-state index contributed by atoms with van der Waals surface area (Å²) < 4.78 is 0. The van der Waals surface area contributed by atoms with Crippen LogP contribution in [0.2, 0.25) is 0 Å². The first kappa shape index (κ1) is 18.3. The fourth-order valence-corrected chi connectivity index (χ4v) is 4.95. The van der Waals surface area contributed by atoms with Crippen LogP contribution in [0.1, 0.15) is 31.7 Å². The topological polar surface area (TPSA) is 33.2 Å². The van der Waals surface area contributed by atoms with Gasteiger partial charge in [-0.25, -0.2) is 0 Å². The smallest absolute Gasteiger partial charge is 0.233 e. The lowest BCUT2D eigenvalue weighted by Crippen LogP contribution is -2.31. The maximum Gasteiger partial charge on any atom is 0.233 e. The summed E-state index contributed by atoms with van der Waals surface area (Å²) in [5.41, 5.74) is 3.49. The van der Waals surface area contributed by atoms with Crippen molar-refractivity contribution in [2.75, 3.05) is 18.1 Å². The van der Waals surface area contributed by atoms with Gasteiger partial charge in [-0.1, -0.05) is 32.9 Å². The first-order chi connectivity index (χ1) is 12.1. The van der Waals surface area contributed by atoms with Gasteiger partial charge in [0.25, 0.3) is 0 Å². The monoisotopic (exact) mass is 372 g/mol. The highest BCUT2D eigenvalue weighted by molar-refractivity contribution is 8.00. The Hall–Kier alpha value is -1.46. The molecule has 0 aliphatic carbocycles. The third kappa shape index (κ3) is 4.21. The van der Waals surface area contributed by atoms with Crippen molar-refractivity contribution in [2.24, 2.45) is 5.92 Å². The first-order valence-electron chi connectivity index (χ1n) is 8.68. The largest absolute Gasteiger partial charge is 0.325 e. The van der Waals surface area contributed by atoms with E-state index in [4.69, 9.17) is 0 Å². The van der Waals surface area contributed by atoms with Crippen molar-refractivity contribution in [1.82, 2.24) is 9.88 Å². The van der Waals surface area contributed by atoms with Gasteiger partial charge in [0.2, 0.25) is 5.91 Å². The van der Waals surface area contributed by atoms with E-state index in [1.807, 2.05) is 29.1 Å². The zero-order chi connectivity index (χ0) is 17.8. The summed E-state index contributed by atoms with van der Waals surface area (Å²) in [4.78, 5) is 20.0. The van der Waals surface area contributed by atoms with Gasteiger partial charge in [0, 0.05) is 29.4 Å². The van der Waals surface area contributed by atoms with Gasteiger partial charge in [0.1, 0.15) is 5.37 Å². The van der Waals surface area contributed by atoms with Gasteiger partial charge in [0.05, 0.1) is 5.75 Å². The van der Waals surface area contributed by atoms with Crippen LogP contribution in [0.5, 0.6) is 0 Å². The maximum atomic E-state index is 12.3. The molecule has 1 aromatic carbocycles. The number of pyridine rings is 1. The van der Waals surface area contributed by atoms with Crippen LogP contribution in [0.3, 0.4) is 0 Å². The summed E-state index contributed by atoms with van der Waals surface area (Å²) >= 11 is 3.55. The molecule has 1 aliphatic heterocycles. The second-order valence-corrected chi connectivity index (χ2v) is 8.93. The Bertz CT molecular complexity index is 731. The van der Waals surface area contributed by atoms with E-state index in [9.17, 15) is 4.79 Å². The molecule has 1 unspecified atom stereocenters. The van der Waals surface area contributed by atoms with Crippen molar-refractivity contribution in [3.63, 3.8) is 0 Å². The molecule has 1 saturated heterocycles. The molecule has 132 valence electrons. The summed E-state index contributed by atoms with van der Waals surface area (Å²) in [6.45, 7) is 7.26. The molecule has 0 N–H and O–H groups in total. The van der Waals surface area contributed by atoms with E-state index in [1.165, 1.54) is 16.0 Å². The van der Waals surface area contributed by atoms with Crippen LogP contribution in [0.15, 0.2) is 47.6 Å². The quantitative estimate of drug-likeness (QED) is 0.661. The van der Waals surface area contributed by atoms with E-state index in [2.05, 4.69) is 56.1 Å². The Morgan fingerprint density at radius 2 is 2.04 bits per heavy atom. The average molecular weight is 373 g/mol. The van der Waals surface area contributed by atoms with Gasteiger partial charge in [-0.3, -0.25) is 9.78 Å². The lowest BCUT2D eigenvalue weighted by atomic mass is 10.0. The minimum absolute atomic E-state index is 0.0586. The molecule has 3 nitrogen and oxygen atoms in total. The first-order valence-corrected chi connectivity index (χ1v) is 10.7. The molecular formula is C20H24N2OS2. The number of amides is 1. The summed E-state index contributed by atoms with van der Waals surface area (Å²) in [6, 6.07) is 10.8. The SMILES string of the molecule is CCSc1ccc(-c2ccncc2C2SCC(=O)N2CC(C)C)cc1. The van der Waals surface area contributed by atoms with Crippen molar-refractivity contribution in [1.29, 1.82) is 0 Å². The number of aromatic nitrogens is 1.